The number of pyridine rings is 1. The van der Waals surface area contributed by atoms with Crippen LogP contribution < -0.4 is 10.6 Å². The van der Waals surface area contributed by atoms with Crippen molar-refractivity contribution < 1.29 is 4.79 Å². The lowest BCUT2D eigenvalue weighted by Crippen LogP contribution is -2.35. The summed E-state index contributed by atoms with van der Waals surface area (Å²) in [6, 6.07) is 2.53. The molecular weight excluding hydrogens is 288 g/mol. The maximum atomic E-state index is 11.9. The first-order valence-corrected chi connectivity index (χ1v) is 8.64. The summed E-state index contributed by atoms with van der Waals surface area (Å²) in [6.45, 7) is 5.49. The van der Waals surface area contributed by atoms with Crippen molar-refractivity contribution in [2.45, 2.75) is 51.5 Å². The van der Waals surface area contributed by atoms with Gasteiger partial charge in [-0.05, 0) is 51.6 Å². The van der Waals surface area contributed by atoms with Crippen molar-refractivity contribution in [3.8, 4) is 0 Å². The Bertz CT molecular complexity index is 747. The molecule has 5 nitrogen and oxygen atoms in total. The molecule has 2 aromatic heterocycles. The summed E-state index contributed by atoms with van der Waals surface area (Å²) in [5.41, 5.74) is 3.71. The van der Waals surface area contributed by atoms with Gasteiger partial charge in [0.15, 0.2) is 0 Å². The van der Waals surface area contributed by atoms with Gasteiger partial charge in [-0.25, -0.2) is 4.98 Å². The summed E-state index contributed by atoms with van der Waals surface area (Å²) in [6.07, 6.45) is 6.22. The molecule has 5 heteroatoms. The van der Waals surface area contributed by atoms with Crippen LogP contribution in [-0.2, 0) is 4.79 Å². The van der Waals surface area contributed by atoms with Gasteiger partial charge in [0, 0.05) is 41.2 Å². The predicted octanol–water partition coefficient (Wildman–Crippen LogP) is 3.08. The summed E-state index contributed by atoms with van der Waals surface area (Å²) in [5.74, 6) is 1.53. The molecule has 3 heterocycles. The number of piperidine rings is 1. The van der Waals surface area contributed by atoms with Gasteiger partial charge in [0.25, 0.3) is 0 Å². The number of anilines is 1. The molecule has 1 saturated heterocycles. The lowest BCUT2D eigenvalue weighted by atomic mass is 9.89. The van der Waals surface area contributed by atoms with Gasteiger partial charge in [-0.1, -0.05) is 0 Å². The number of aryl methyl sites for hydroxylation is 1. The van der Waals surface area contributed by atoms with Crippen molar-refractivity contribution in [2.24, 2.45) is 5.92 Å². The smallest absolute Gasteiger partial charge is 0.228 e. The number of rotatable bonds is 3. The van der Waals surface area contributed by atoms with Crippen LogP contribution in [0, 0.1) is 12.8 Å². The number of nitrogens with zero attached hydrogens (tertiary/aromatic N) is 1. The van der Waals surface area contributed by atoms with E-state index in [0.29, 0.717) is 17.8 Å². The van der Waals surface area contributed by atoms with Crippen LogP contribution in [0.25, 0.3) is 10.9 Å². The molecule has 1 aliphatic carbocycles. The van der Waals surface area contributed by atoms with E-state index in [-0.39, 0.29) is 11.8 Å². The highest BCUT2D eigenvalue weighted by molar-refractivity contribution is 5.95. The molecule has 3 N–H and O–H groups in total. The van der Waals surface area contributed by atoms with Gasteiger partial charge >= 0.3 is 0 Å². The molecule has 2 aliphatic rings. The van der Waals surface area contributed by atoms with Crippen LogP contribution >= 0.6 is 0 Å². The number of nitrogens with one attached hydrogen (secondary N) is 3. The minimum Gasteiger partial charge on any atom is -0.358 e. The molecule has 1 amide bonds. The Hall–Kier alpha value is -1.88. The van der Waals surface area contributed by atoms with Gasteiger partial charge in [0.05, 0.1) is 5.52 Å². The first kappa shape index (κ1) is 14.7. The van der Waals surface area contributed by atoms with Crippen LogP contribution in [0.3, 0.4) is 0 Å². The second-order valence-corrected chi connectivity index (χ2v) is 7.12. The first-order valence-electron chi connectivity index (χ1n) is 8.64. The average molecular weight is 312 g/mol. The molecule has 0 aromatic carbocycles. The van der Waals surface area contributed by atoms with Gasteiger partial charge in [-0.15, -0.1) is 0 Å². The van der Waals surface area contributed by atoms with Crippen LogP contribution in [0.1, 0.15) is 49.8 Å². The first-order chi connectivity index (χ1) is 11.1. The van der Waals surface area contributed by atoms with Crippen molar-refractivity contribution in [1.82, 2.24) is 15.3 Å². The van der Waals surface area contributed by atoms with E-state index in [1.165, 1.54) is 11.3 Å². The minimum atomic E-state index is 0.104. The molecule has 0 radical (unpaired) electrons. The summed E-state index contributed by atoms with van der Waals surface area (Å²) in [4.78, 5) is 19.9. The van der Waals surface area contributed by atoms with Crippen LogP contribution in [-0.4, -0.2) is 28.5 Å². The van der Waals surface area contributed by atoms with E-state index in [1.54, 1.807) is 0 Å². The Labute approximate surface area is 136 Å². The van der Waals surface area contributed by atoms with Crippen LogP contribution in [0.2, 0.25) is 0 Å². The van der Waals surface area contributed by atoms with E-state index in [2.05, 4.69) is 34.4 Å². The zero-order chi connectivity index (χ0) is 16.0. The zero-order valence-corrected chi connectivity index (χ0v) is 13.8. The fourth-order valence-electron chi connectivity index (χ4n) is 3.69. The van der Waals surface area contributed by atoms with Gasteiger partial charge in [0.2, 0.25) is 5.91 Å². The summed E-state index contributed by atoms with van der Waals surface area (Å²) >= 11 is 0. The maximum Gasteiger partial charge on any atom is 0.228 e. The van der Waals surface area contributed by atoms with Gasteiger partial charge in [-0.3, -0.25) is 4.79 Å². The summed E-state index contributed by atoms with van der Waals surface area (Å²) < 4.78 is 0. The monoisotopic (exact) mass is 312 g/mol. The molecule has 2 unspecified atom stereocenters. The van der Waals surface area contributed by atoms with Crippen molar-refractivity contribution in [3.63, 3.8) is 0 Å². The molecule has 0 spiro atoms. The normalized spacial score (nSPS) is 24.8. The van der Waals surface area contributed by atoms with E-state index < -0.39 is 0 Å². The number of hydrogen-bond donors (Lipinski definition) is 3. The molecule has 122 valence electrons. The van der Waals surface area contributed by atoms with Crippen LogP contribution in [0.15, 0.2) is 12.3 Å². The lowest BCUT2D eigenvalue weighted by molar-refractivity contribution is -0.117. The van der Waals surface area contributed by atoms with Crippen molar-refractivity contribution in [3.05, 3.63) is 23.5 Å². The number of H-pyrrole nitrogens is 1. The van der Waals surface area contributed by atoms with Crippen molar-refractivity contribution in [1.29, 1.82) is 0 Å². The fraction of sp³-hybridized carbons (Fsp3) is 0.556. The van der Waals surface area contributed by atoms with E-state index in [0.717, 1.165) is 43.1 Å². The number of carbonyl (C=O) groups is 1. The second-order valence-electron chi connectivity index (χ2n) is 7.12. The highest BCUT2D eigenvalue weighted by atomic mass is 16.2. The molecule has 2 aromatic rings. The Kier molecular flexibility index (Phi) is 3.60. The van der Waals surface area contributed by atoms with E-state index in [1.807, 2.05) is 12.3 Å². The molecular formula is C18H24N4O. The molecule has 1 aliphatic heterocycles. The second kappa shape index (κ2) is 5.64. The number of hydrogen-bond acceptors (Lipinski definition) is 3. The molecule has 2 atom stereocenters. The van der Waals surface area contributed by atoms with E-state index in [4.69, 9.17) is 0 Å². The molecule has 0 bridgehead atoms. The Morgan fingerprint density at radius 3 is 2.91 bits per heavy atom. The van der Waals surface area contributed by atoms with Crippen LogP contribution in [0.5, 0.6) is 0 Å². The van der Waals surface area contributed by atoms with Gasteiger partial charge in [0.1, 0.15) is 5.82 Å². The zero-order valence-electron chi connectivity index (χ0n) is 13.8. The SMILES string of the molecule is Cc1c(C2CCNC(C)C2)[nH]c2cc(NC(=O)C3CC3)ncc12. The Morgan fingerprint density at radius 1 is 1.35 bits per heavy atom. The van der Waals surface area contributed by atoms with Crippen molar-refractivity contribution >= 4 is 22.6 Å². The van der Waals surface area contributed by atoms with Gasteiger partial charge in [-0.2, -0.15) is 0 Å². The standard InChI is InChI=1S/C18H24N4O/c1-10-7-13(5-6-19-10)17-11(2)14-9-20-16(8-15(14)21-17)22-18(23)12-3-4-12/h8-10,12-13,19,21H,3-7H2,1-2H3,(H,20,22,23). The molecule has 23 heavy (non-hydrogen) atoms. The number of aromatic nitrogens is 2. The predicted molar refractivity (Wildman–Crippen MR) is 91.6 cm³/mol. The van der Waals surface area contributed by atoms with Gasteiger partial charge < -0.3 is 15.6 Å². The topological polar surface area (TPSA) is 69.8 Å². The summed E-state index contributed by atoms with van der Waals surface area (Å²) in [7, 11) is 0. The number of fused-ring (bicyclic) bond motifs is 1. The molecule has 2 fully saturated rings. The third kappa shape index (κ3) is 2.85. The largest absolute Gasteiger partial charge is 0.358 e. The number of amides is 1. The van der Waals surface area contributed by atoms with E-state index >= 15 is 0 Å². The quantitative estimate of drug-likeness (QED) is 0.816. The minimum absolute atomic E-state index is 0.104. The highest BCUT2D eigenvalue weighted by Crippen LogP contribution is 2.34. The summed E-state index contributed by atoms with van der Waals surface area (Å²) in [5, 5.41) is 7.60. The van der Waals surface area contributed by atoms with Crippen molar-refractivity contribution in [2.75, 3.05) is 11.9 Å². The molecule has 4 rings (SSSR count). The van der Waals surface area contributed by atoms with E-state index in [9.17, 15) is 4.79 Å². The fourth-order valence-corrected chi connectivity index (χ4v) is 3.69. The third-order valence-electron chi connectivity index (χ3n) is 5.21. The third-order valence-corrected chi connectivity index (χ3v) is 5.21. The molecule has 1 saturated carbocycles. The Morgan fingerprint density at radius 2 is 2.17 bits per heavy atom. The lowest BCUT2D eigenvalue weighted by Gasteiger charge is -2.28. The maximum absolute atomic E-state index is 11.9. The number of carbonyl (C=O) groups excluding carboxylic acids is 1. The average Bonchev–Trinajstić information content (AvgIpc) is 3.33. The van der Waals surface area contributed by atoms with Crippen LogP contribution in [0.4, 0.5) is 5.82 Å². The highest BCUT2D eigenvalue weighted by Gasteiger charge is 2.30. The Balaban J connectivity index is 1.62. The number of aromatic amines is 1.